The minimum Gasteiger partial charge on any atom is -0.296 e. The molecule has 0 aromatic carbocycles. The molecule has 3 N–H and O–H groups in total. The predicted molar refractivity (Wildman–Crippen MR) is 79.3 cm³/mol. The van der Waals surface area contributed by atoms with E-state index in [4.69, 9.17) is 5.84 Å². The first-order chi connectivity index (χ1) is 8.54. The summed E-state index contributed by atoms with van der Waals surface area (Å²) in [7, 11) is 0. The van der Waals surface area contributed by atoms with Crippen LogP contribution in [-0.4, -0.2) is 29.6 Å². The molecular formula is C15H33N3. The van der Waals surface area contributed by atoms with Crippen molar-refractivity contribution in [2.45, 2.75) is 77.8 Å². The molecule has 0 aromatic rings. The van der Waals surface area contributed by atoms with Gasteiger partial charge in [-0.05, 0) is 58.0 Å². The Kier molecular flexibility index (Phi) is 6.61. The molecule has 1 fully saturated rings. The van der Waals surface area contributed by atoms with E-state index >= 15 is 0 Å². The molecule has 0 aromatic heterocycles. The molecule has 1 heterocycles. The molecule has 0 aliphatic carbocycles. The van der Waals surface area contributed by atoms with E-state index in [9.17, 15) is 0 Å². The molecule has 2 unspecified atom stereocenters. The number of nitrogens with one attached hydrogen (secondary N) is 1. The lowest BCUT2D eigenvalue weighted by Gasteiger charge is -2.48. The largest absolute Gasteiger partial charge is 0.296 e. The molecule has 1 saturated heterocycles. The highest BCUT2D eigenvalue weighted by atomic mass is 15.3. The summed E-state index contributed by atoms with van der Waals surface area (Å²) >= 11 is 0. The van der Waals surface area contributed by atoms with Crippen molar-refractivity contribution in [3.05, 3.63) is 0 Å². The molecule has 18 heavy (non-hydrogen) atoms. The summed E-state index contributed by atoms with van der Waals surface area (Å²) in [5, 5.41) is 0. The molecule has 1 aliphatic heterocycles. The number of piperidine rings is 1. The van der Waals surface area contributed by atoms with E-state index in [1.807, 2.05) is 0 Å². The van der Waals surface area contributed by atoms with Gasteiger partial charge in [-0.1, -0.05) is 27.2 Å². The maximum Gasteiger partial charge on any atom is 0.0392 e. The van der Waals surface area contributed by atoms with E-state index in [2.05, 4.69) is 38.0 Å². The first-order valence-electron chi connectivity index (χ1n) is 7.75. The highest BCUT2D eigenvalue weighted by molar-refractivity contribution is 4.96. The van der Waals surface area contributed by atoms with Gasteiger partial charge < -0.3 is 0 Å². The Morgan fingerprint density at radius 3 is 2.22 bits per heavy atom. The van der Waals surface area contributed by atoms with Crippen LogP contribution < -0.4 is 11.3 Å². The van der Waals surface area contributed by atoms with E-state index in [-0.39, 0.29) is 5.54 Å². The zero-order valence-corrected chi connectivity index (χ0v) is 12.8. The van der Waals surface area contributed by atoms with Crippen LogP contribution in [0.3, 0.4) is 0 Å². The number of nitrogens with two attached hydrogens (primary N) is 1. The molecule has 0 bridgehead atoms. The molecule has 2 atom stereocenters. The van der Waals surface area contributed by atoms with Gasteiger partial charge in [-0.25, -0.2) is 0 Å². The van der Waals surface area contributed by atoms with Crippen LogP contribution >= 0.6 is 0 Å². The Bertz CT molecular complexity index is 224. The zero-order valence-electron chi connectivity index (χ0n) is 12.8. The van der Waals surface area contributed by atoms with Gasteiger partial charge >= 0.3 is 0 Å². The van der Waals surface area contributed by atoms with Crippen LogP contribution in [0.15, 0.2) is 0 Å². The standard InChI is InChI=1S/C15H33N3/c1-5-15(4,18-11-7-6-8-12-18)14(17-16)10-9-13(2)3/h13-14,17H,5-12,16H2,1-4H3. The lowest BCUT2D eigenvalue weighted by molar-refractivity contribution is 0.0386. The quantitative estimate of drug-likeness (QED) is 0.543. The third kappa shape index (κ3) is 3.94. The monoisotopic (exact) mass is 255 g/mol. The molecule has 108 valence electrons. The molecular weight excluding hydrogens is 222 g/mol. The summed E-state index contributed by atoms with van der Waals surface area (Å²) in [4.78, 5) is 2.67. The van der Waals surface area contributed by atoms with Crippen LogP contribution in [0.4, 0.5) is 0 Å². The van der Waals surface area contributed by atoms with Gasteiger partial charge in [0.05, 0.1) is 0 Å². The Morgan fingerprint density at radius 1 is 1.17 bits per heavy atom. The van der Waals surface area contributed by atoms with Crippen LogP contribution in [0.5, 0.6) is 0 Å². The highest BCUT2D eigenvalue weighted by Gasteiger charge is 2.37. The fraction of sp³-hybridized carbons (Fsp3) is 1.00. The maximum absolute atomic E-state index is 5.85. The second-order valence-corrected chi connectivity index (χ2v) is 6.45. The maximum atomic E-state index is 5.85. The lowest BCUT2D eigenvalue weighted by Crippen LogP contribution is -2.61. The van der Waals surface area contributed by atoms with Gasteiger partial charge in [0.15, 0.2) is 0 Å². The Balaban J connectivity index is 2.68. The normalized spacial score (nSPS) is 23.0. The highest BCUT2D eigenvalue weighted by Crippen LogP contribution is 2.29. The van der Waals surface area contributed by atoms with Crippen LogP contribution in [0.1, 0.15) is 66.2 Å². The zero-order chi connectivity index (χ0) is 13.6. The second-order valence-electron chi connectivity index (χ2n) is 6.45. The Morgan fingerprint density at radius 2 is 1.78 bits per heavy atom. The topological polar surface area (TPSA) is 41.3 Å². The van der Waals surface area contributed by atoms with Gasteiger partial charge in [0.1, 0.15) is 0 Å². The molecule has 3 heteroatoms. The smallest absolute Gasteiger partial charge is 0.0392 e. The second kappa shape index (κ2) is 7.46. The first kappa shape index (κ1) is 15.9. The van der Waals surface area contributed by atoms with Crippen molar-refractivity contribution >= 4 is 0 Å². The third-order valence-electron chi connectivity index (χ3n) is 4.78. The number of hydrogen-bond donors (Lipinski definition) is 2. The lowest BCUT2D eigenvalue weighted by atomic mass is 9.82. The van der Waals surface area contributed by atoms with Gasteiger partial charge in [-0.15, -0.1) is 0 Å². The number of nitrogens with zero attached hydrogens (tertiary/aromatic N) is 1. The molecule has 1 aliphatic rings. The first-order valence-corrected chi connectivity index (χ1v) is 7.75. The summed E-state index contributed by atoms with van der Waals surface area (Å²) in [6.45, 7) is 11.8. The van der Waals surface area contributed by atoms with Crippen molar-refractivity contribution in [1.82, 2.24) is 10.3 Å². The van der Waals surface area contributed by atoms with Crippen molar-refractivity contribution in [3.63, 3.8) is 0 Å². The van der Waals surface area contributed by atoms with E-state index in [0.29, 0.717) is 6.04 Å². The molecule has 1 rings (SSSR count). The minimum absolute atomic E-state index is 0.212. The Hall–Kier alpha value is -0.120. The number of rotatable bonds is 7. The number of likely N-dealkylation sites (tertiary alicyclic amines) is 1. The summed E-state index contributed by atoms with van der Waals surface area (Å²) in [6, 6.07) is 0.406. The molecule has 3 nitrogen and oxygen atoms in total. The van der Waals surface area contributed by atoms with Gasteiger partial charge in [0, 0.05) is 11.6 Å². The third-order valence-corrected chi connectivity index (χ3v) is 4.78. The fourth-order valence-corrected chi connectivity index (χ4v) is 3.17. The van der Waals surface area contributed by atoms with Crippen molar-refractivity contribution in [1.29, 1.82) is 0 Å². The number of hydrogen-bond acceptors (Lipinski definition) is 3. The number of hydrazine groups is 1. The fourth-order valence-electron chi connectivity index (χ4n) is 3.17. The van der Waals surface area contributed by atoms with Crippen molar-refractivity contribution in [2.75, 3.05) is 13.1 Å². The minimum atomic E-state index is 0.212. The average Bonchev–Trinajstić information content (AvgIpc) is 2.39. The van der Waals surface area contributed by atoms with Crippen LogP contribution in [0.2, 0.25) is 0 Å². The van der Waals surface area contributed by atoms with E-state index in [0.717, 1.165) is 5.92 Å². The van der Waals surface area contributed by atoms with Crippen molar-refractivity contribution < 1.29 is 0 Å². The van der Waals surface area contributed by atoms with Gasteiger partial charge in [-0.2, -0.15) is 0 Å². The average molecular weight is 255 g/mol. The molecule has 0 spiro atoms. The van der Waals surface area contributed by atoms with E-state index < -0.39 is 0 Å². The molecule has 0 amide bonds. The summed E-state index contributed by atoms with van der Waals surface area (Å²) in [5.74, 6) is 6.60. The molecule has 0 radical (unpaired) electrons. The van der Waals surface area contributed by atoms with Crippen molar-refractivity contribution in [2.24, 2.45) is 11.8 Å². The van der Waals surface area contributed by atoms with Crippen LogP contribution in [0, 0.1) is 5.92 Å². The summed E-state index contributed by atoms with van der Waals surface area (Å²) in [5.41, 5.74) is 3.32. The summed E-state index contributed by atoms with van der Waals surface area (Å²) in [6.07, 6.45) is 7.67. The van der Waals surface area contributed by atoms with Crippen LogP contribution in [0.25, 0.3) is 0 Å². The Labute approximate surface area is 113 Å². The van der Waals surface area contributed by atoms with E-state index in [1.54, 1.807) is 0 Å². The summed E-state index contributed by atoms with van der Waals surface area (Å²) < 4.78 is 0. The van der Waals surface area contributed by atoms with E-state index in [1.165, 1.54) is 51.6 Å². The van der Waals surface area contributed by atoms with Gasteiger partial charge in [0.2, 0.25) is 0 Å². The van der Waals surface area contributed by atoms with Gasteiger partial charge in [0.25, 0.3) is 0 Å². The molecule has 0 saturated carbocycles. The van der Waals surface area contributed by atoms with Crippen molar-refractivity contribution in [3.8, 4) is 0 Å². The predicted octanol–water partition coefficient (Wildman–Crippen LogP) is 2.91. The van der Waals surface area contributed by atoms with Gasteiger partial charge in [-0.3, -0.25) is 16.2 Å². The SMILES string of the molecule is CCC(C)(C(CCC(C)C)NN)N1CCCCC1. The van der Waals surface area contributed by atoms with Crippen LogP contribution in [-0.2, 0) is 0 Å².